The molecule has 5 heteroatoms. The highest BCUT2D eigenvalue weighted by atomic mass is 16.6. The van der Waals surface area contributed by atoms with E-state index in [1.807, 2.05) is 30.3 Å². The van der Waals surface area contributed by atoms with E-state index in [9.17, 15) is 9.59 Å². The first kappa shape index (κ1) is 14.5. The maximum absolute atomic E-state index is 12.3. The van der Waals surface area contributed by atoms with Crippen LogP contribution in [-0.4, -0.2) is 34.7 Å². The highest BCUT2D eigenvalue weighted by molar-refractivity contribution is 5.86. The molecule has 1 saturated carbocycles. The maximum Gasteiger partial charge on any atom is 0.411 e. The second kappa shape index (κ2) is 5.72. The van der Waals surface area contributed by atoms with Crippen LogP contribution in [0.1, 0.15) is 24.8 Å². The highest BCUT2D eigenvalue weighted by Gasteiger charge is 2.53. The summed E-state index contributed by atoms with van der Waals surface area (Å²) in [5.41, 5.74) is 1.06. The van der Waals surface area contributed by atoms with Crippen LogP contribution in [0.3, 0.4) is 0 Å². The predicted molar refractivity (Wildman–Crippen MR) is 78.8 cm³/mol. The van der Waals surface area contributed by atoms with E-state index >= 15 is 0 Å². The van der Waals surface area contributed by atoms with Crippen LogP contribution in [0.25, 0.3) is 0 Å². The van der Waals surface area contributed by atoms with E-state index in [0.29, 0.717) is 6.54 Å². The van der Waals surface area contributed by atoms with E-state index in [1.165, 1.54) is 0 Å². The van der Waals surface area contributed by atoms with Gasteiger partial charge >= 0.3 is 12.1 Å². The van der Waals surface area contributed by atoms with Crippen molar-refractivity contribution < 1.29 is 19.4 Å². The summed E-state index contributed by atoms with van der Waals surface area (Å²) in [7, 11) is 0. The number of carbonyl (C=O) groups is 2. The number of benzene rings is 1. The smallest absolute Gasteiger partial charge is 0.411 e. The summed E-state index contributed by atoms with van der Waals surface area (Å²) in [5, 5.41) is 8.69. The Morgan fingerprint density at radius 2 is 2.05 bits per heavy atom. The van der Waals surface area contributed by atoms with E-state index in [0.717, 1.165) is 24.8 Å². The van der Waals surface area contributed by atoms with Gasteiger partial charge in [0, 0.05) is 12.5 Å². The molecule has 1 atom stereocenters. The van der Waals surface area contributed by atoms with Gasteiger partial charge in [-0.3, -0.25) is 4.90 Å². The second-order valence-electron chi connectivity index (χ2n) is 5.96. The molecule has 0 radical (unpaired) electrons. The topological polar surface area (TPSA) is 66.8 Å². The molecule has 1 aliphatic carbocycles. The minimum absolute atomic E-state index is 0.142. The van der Waals surface area contributed by atoms with Crippen molar-refractivity contribution in [2.45, 2.75) is 31.9 Å². The number of nitrogens with zero attached hydrogens (tertiary/aromatic N) is 1. The summed E-state index contributed by atoms with van der Waals surface area (Å²) < 4.78 is 5.34. The number of carboxylic acid groups (broad SMARTS) is 1. The minimum atomic E-state index is -1.17. The first-order valence-corrected chi connectivity index (χ1v) is 7.30. The molecule has 114 valence electrons. The molecule has 0 bridgehead atoms. The normalized spacial score (nSPS) is 21.1. The summed E-state index contributed by atoms with van der Waals surface area (Å²) in [4.78, 5) is 24.5. The van der Waals surface area contributed by atoms with Crippen LogP contribution in [0, 0.1) is 17.3 Å². The molecule has 1 N–H and O–H groups in total. The van der Waals surface area contributed by atoms with E-state index in [-0.39, 0.29) is 18.1 Å². The van der Waals surface area contributed by atoms with Crippen molar-refractivity contribution in [3.05, 3.63) is 35.9 Å². The molecule has 3 rings (SSSR count). The highest BCUT2D eigenvalue weighted by Crippen LogP contribution is 2.54. The van der Waals surface area contributed by atoms with Gasteiger partial charge in [0.2, 0.25) is 0 Å². The number of likely N-dealkylation sites (tertiary alicyclic amines) is 1. The zero-order valence-electron chi connectivity index (χ0n) is 12.1. The molecule has 1 aromatic rings. The Morgan fingerprint density at radius 1 is 1.32 bits per heavy atom. The monoisotopic (exact) mass is 299 g/mol. The number of carbonyl (C=O) groups excluding carboxylic acids is 1. The van der Waals surface area contributed by atoms with Crippen molar-refractivity contribution in [3.8, 4) is 11.8 Å². The molecule has 2 aliphatic rings. The summed E-state index contributed by atoms with van der Waals surface area (Å²) in [5.74, 6) is 3.64. The third kappa shape index (κ3) is 3.22. The first-order valence-electron chi connectivity index (χ1n) is 7.30. The van der Waals surface area contributed by atoms with Crippen LogP contribution in [0.4, 0.5) is 4.79 Å². The molecule has 1 unspecified atom stereocenters. The van der Waals surface area contributed by atoms with Crippen LogP contribution in [0.15, 0.2) is 30.3 Å². The first-order chi connectivity index (χ1) is 10.6. The van der Waals surface area contributed by atoms with Crippen LogP contribution in [-0.2, 0) is 16.1 Å². The van der Waals surface area contributed by atoms with E-state index in [4.69, 9.17) is 9.84 Å². The number of carboxylic acids is 1. The molecule has 0 aromatic heterocycles. The third-order valence-corrected chi connectivity index (χ3v) is 4.25. The van der Waals surface area contributed by atoms with Gasteiger partial charge < -0.3 is 9.84 Å². The summed E-state index contributed by atoms with van der Waals surface area (Å²) in [6, 6.07) is 9.10. The number of ether oxygens (including phenoxy) is 1. The minimum Gasteiger partial charge on any atom is -0.472 e. The van der Waals surface area contributed by atoms with Gasteiger partial charge in [0.1, 0.15) is 6.61 Å². The van der Waals surface area contributed by atoms with E-state index in [2.05, 4.69) is 11.8 Å². The Labute approximate surface area is 128 Å². The molecule has 2 fully saturated rings. The lowest BCUT2D eigenvalue weighted by Gasteiger charge is -2.20. The second-order valence-corrected chi connectivity index (χ2v) is 5.96. The molecule has 1 heterocycles. The van der Waals surface area contributed by atoms with Gasteiger partial charge in [0.05, 0.1) is 6.04 Å². The molecular weight excluding hydrogens is 282 g/mol. The predicted octanol–water partition coefficient (Wildman–Crippen LogP) is 2.27. The van der Waals surface area contributed by atoms with Gasteiger partial charge in [0.15, 0.2) is 0 Å². The lowest BCUT2D eigenvalue weighted by Crippen LogP contribution is -2.35. The number of amides is 1. The van der Waals surface area contributed by atoms with E-state index in [1.54, 1.807) is 4.90 Å². The fourth-order valence-electron chi connectivity index (χ4n) is 2.86. The fraction of sp³-hybridized carbons (Fsp3) is 0.412. The largest absolute Gasteiger partial charge is 0.472 e. The number of rotatable bonds is 2. The zero-order chi connectivity index (χ0) is 15.6. The lowest BCUT2D eigenvalue weighted by molar-refractivity contribution is -0.130. The zero-order valence-corrected chi connectivity index (χ0v) is 12.1. The SMILES string of the molecule is O=C(O)C#CC1CC2(CC2)CN1C(=O)OCc1ccccc1. The average molecular weight is 299 g/mol. The molecule has 1 aliphatic heterocycles. The van der Waals surface area contributed by atoms with Crippen LogP contribution >= 0.6 is 0 Å². The van der Waals surface area contributed by atoms with Crippen molar-refractivity contribution in [1.82, 2.24) is 4.90 Å². The van der Waals surface area contributed by atoms with Crippen molar-refractivity contribution >= 4 is 12.1 Å². The van der Waals surface area contributed by atoms with E-state index < -0.39 is 12.1 Å². The molecular formula is C17H17NO4. The maximum atomic E-state index is 12.3. The number of hydrogen-bond acceptors (Lipinski definition) is 3. The van der Waals surface area contributed by atoms with Crippen molar-refractivity contribution in [3.63, 3.8) is 0 Å². The quantitative estimate of drug-likeness (QED) is 0.851. The standard InChI is InChI=1S/C17H17NO4/c19-15(20)7-6-14-10-17(8-9-17)12-18(14)16(21)22-11-13-4-2-1-3-5-13/h1-5,14H,8-12H2,(H,19,20). The van der Waals surface area contributed by atoms with Crippen molar-refractivity contribution in [1.29, 1.82) is 0 Å². The Bertz CT molecular complexity index is 640. The Balaban J connectivity index is 1.64. The van der Waals surface area contributed by atoms with Gasteiger partial charge in [-0.1, -0.05) is 36.3 Å². The Hall–Kier alpha value is -2.48. The van der Waals surface area contributed by atoms with Gasteiger partial charge in [-0.25, -0.2) is 9.59 Å². The number of aliphatic carboxylic acids is 1. The van der Waals surface area contributed by atoms with Crippen LogP contribution < -0.4 is 0 Å². The molecule has 1 spiro atoms. The third-order valence-electron chi connectivity index (χ3n) is 4.25. The molecule has 22 heavy (non-hydrogen) atoms. The van der Waals surface area contributed by atoms with Gasteiger partial charge in [-0.2, -0.15) is 0 Å². The summed E-state index contributed by atoms with van der Waals surface area (Å²) in [6.45, 7) is 0.821. The van der Waals surface area contributed by atoms with Crippen LogP contribution in [0.2, 0.25) is 0 Å². The fourth-order valence-corrected chi connectivity index (χ4v) is 2.86. The molecule has 1 amide bonds. The summed E-state index contributed by atoms with van der Waals surface area (Å²) in [6.07, 6.45) is 2.46. The molecule has 1 saturated heterocycles. The van der Waals surface area contributed by atoms with Gasteiger partial charge in [0.25, 0.3) is 0 Å². The van der Waals surface area contributed by atoms with Crippen molar-refractivity contribution in [2.24, 2.45) is 5.41 Å². The van der Waals surface area contributed by atoms with Gasteiger partial charge in [-0.15, -0.1) is 0 Å². The summed E-state index contributed by atoms with van der Waals surface area (Å²) >= 11 is 0. The van der Waals surface area contributed by atoms with Gasteiger partial charge in [-0.05, 0) is 30.2 Å². The molecule has 5 nitrogen and oxygen atoms in total. The van der Waals surface area contributed by atoms with Crippen LogP contribution in [0.5, 0.6) is 0 Å². The Morgan fingerprint density at radius 3 is 2.68 bits per heavy atom. The van der Waals surface area contributed by atoms with Crippen molar-refractivity contribution in [2.75, 3.05) is 6.54 Å². The number of hydrogen-bond donors (Lipinski definition) is 1. The molecule has 1 aromatic carbocycles. The lowest BCUT2D eigenvalue weighted by atomic mass is 10.0. The average Bonchev–Trinajstić information content (AvgIpc) is 3.16. The Kier molecular flexibility index (Phi) is 3.76.